The summed E-state index contributed by atoms with van der Waals surface area (Å²) in [5.74, 6) is -0.247. The lowest BCUT2D eigenvalue weighted by Crippen LogP contribution is -2.47. The van der Waals surface area contributed by atoms with Crippen molar-refractivity contribution in [2.24, 2.45) is 0 Å². The van der Waals surface area contributed by atoms with E-state index in [1.54, 1.807) is 13.8 Å². The first kappa shape index (κ1) is 13.4. The van der Waals surface area contributed by atoms with Crippen LogP contribution in [0.4, 0.5) is 13.2 Å². The standard InChI is InChI=1S/C9H16F3NO/c1-6(2)13(5-9(10,11)12)7(3)8(4)14/h6-7H,5H2,1-4H3. The van der Waals surface area contributed by atoms with Crippen LogP contribution in [-0.2, 0) is 4.79 Å². The second-order valence-electron chi connectivity index (χ2n) is 3.67. The Labute approximate surface area is 82.1 Å². The van der Waals surface area contributed by atoms with Crippen LogP contribution < -0.4 is 0 Å². The van der Waals surface area contributed by atoms with Gasteiger partial charge in [-0.05, 0) is 27.7 Å². The highest BCUT2D eigenvalue weighted by Crippen LogP contribution is 2.19. The largest absolute Gasteiger partial charge is 0.401 e. The molecule has 0 amide bonds. The highest BCUT2D eigenvalue weighted by molar-refractivity contribution is 5.80. The molecule has 0 aromatic rings. The number of carbonyl (C=O) groups excluding carboxylic acids is 1. The number of hydrogen-bond donors (Lipinski definition) is 0. The van der Waals surface area contributed by atoms with Crippen molar-refractivity contribution in [2.45, 2.75) is 46.0 Å². The van der Waals surface area contributed by atoms with E-state index in [1.807, 2.05) is 0 Å². The molecule has 0 rings (SSSR count). The molecule has 0 aromatic heterocycles. The van der Waals surface area contributed by atoms with Crippen molar-refractivity contribution in [3.05, 3.63) is 0 Å². The van der Waals surface area contributed by atoms with Gasteiger partial charge in [-0.3, -0.25) is 9.69 Å². The maximum absolute atomic E-state index is 12.1. The molecule has 5 heteroatoms. The summed E-state index contributed by atoms with van der Waals surface area (Å²) < 4.78 is 36.4. The van der Waals surface area contributed by atoms with Gasteiger partial charge in [-0.1, -0.05) is 0 Å². The molecule has 0 fully saturated rings. The van der Waals surface area contributed by atoms with Crippen LogP contribution in [0, 0.1) is 0 Å². The summed E-state index contributed by atoms with van der Waals surface area (Å²) in [4.78, 5) is 12.1. The quantitative estimate of drug-likeness (QED) is 0.710. The predicted molar refractivity (Wildman–Crippen MR) is 48.0 cm³/mol. The molecule has 1 unspecified atom stereocenters. The zero-order valence-electron chi connectivity index (χ0n) is 8.85. The molecule has 0 aliphatic rings. The summed E-state index contributed by atoms with van der Waals surface area (Å²) in [6, 6.07) is -0.979. The Morgan fingerprint density at radius 3 is 1.93 bits per heavy atom. The molecule has 0 aliphatic carbocycles. The number of rotatable bonds is 4. The van der Waals surface area contributed by atoms with Crippen molar-refractivity contribution in [3.63, 3.8) is 0 Å². The molecule has 0 saturated heterocycles. The van der Waals surface area contributed by atoms with Gasteiger partial charge in [-0.15, -0.1) is 0 Å². The third-order valence-corrected chi connectivity index (χ3v) is 2.11. The fraction of sp³-hybridized carbons (Fsp3) is 0.889. The molecular formula is C9H16F3NO. The number of hydrogen-bond acceptors (Lipinski definition) is 2. The van der Waals surface area contributed by atoms with Crippen LogP contribution in [0.25, 0.3) is 0 Å². The van der Waals surface area contributed by atoms with Gasteiger partial charge in [0, 0.05) is 6.04 Å². The van der Waals surface area contributed by atoms with Crippen molar-refractivity contribution >= 4 is 5.78 Å². The van der Waals surface area contributed by atoms with E-state index < -0.39 is 18.8 Å². The lowest BCUT2D eigenvalue weighted by atomic mass is 10.1. The van der Waals surface area contributed by atoms with Gasteiger partial charge in [0.15, 0.2) is 0 Å². The normalized spacial score (nSPS) is 14.9. The SMILES string of the molecule is CC(=O)C(C)N(CC(F)(F)F)C(C)C. The van der Waals surface area contributed by atoms with Gasteiger partial charge in [0.1, 0.15) is 5.78 Å². The van der Waals surface area contributed by atoms with Crippen molar-refractivity contribution < 1.29 is 18.0 Å². The van der Waals surface area contributed by atoms with Gasteiger partial charge in [0.05, 0.1) is 12.6 Å². The number of alkyl halides is 3. The summed E-state index contributed by atoms with van der Waals surface area (Å²) in [5, 5.41) is 0. The minimum atomic E-state index is -4.26. The van der Waals surface area contributed by atoms with Crippen molar-refractivity contribution in [1.29, 1.82) is 0 Å². The van der Waals surface area contributed by atoms with Crippen molar-refractivity contribution in [2.75, 3.05) is 6.54 Å². The number of ketones is 1. The van der Waals surface area contributed by atoms with E-state index in [1.165, 1.54) is 13.8 Å². The monoisotopic (exact) mass is 211 g/mol. The highest BCUT2D eigenvalue weighted by Gasteiger charge is 2.34. The second kappa shape index (κ2) is 4.77. The van der Waals surface area contributed by atoms with E-state index in [0.717, 1.165) is 4.90 Å². The molecular weight excluding hydrogens is 195 g/mol. The molecule has 0 aliphatic heterocycles. The third kappa shape index (κ3) is 4.60. The Bertz CT molecular complexity index is 201. The first-order valence-electron chi connectivity index (χ1n) is 4.48. The number of nitrogens with zero attached hydrogens (tertiary/aromatic N) is 1. The first-order valence-corrected chi connectivity index (χ1v) is 4.48. The fourth-order valence-corrected chi connectivity index (χ4v) is 1.21. The van der Waals surface area contributed by atoms with Crippen LogP contribution in [0.3, 0.4) is 0 Å². The van der Waals surface area contributed by atoms with Crippen LogP contribution in [0.1, 0.15) is 27.7 Å². The molecule has 1 atom stereocenters. The molecule has 0 N–H and O–H groups in total. The van der Waals surface area contributed by atoms with Crippen LogP contribution in [-0.4, -0.2) is 35.5 Å². The van der Waals surface area contributed by atoms with Crippen LogP contribution >= 0.6 is 0 Å². The summed E-state index contributed by atoms with van der Waals surface area (Å²) in [7, 11) is 0. The Hall–Kier alpha value is -0.580. The van der Waals surface area contributed by atoms with E-state index in [0.29, 0.717) is 0 Å². The second-order valence-corrected chi connectivity index (χ2v) is 3.67. The molecule has 0 radical (unpaired) electrons. The maximum atomic E-state index is 12.1. The summed E-state index contributed by atoms with van der Waals surface area (Å²) in [6.45, 7) is 5.05. The van der Waals surface area contributed by atoms with Crippen LogP contribution in [0.5, 0.6) is 0 Å². The molecule has 14 heavy (non-hydrogen) atoms. The van der Waals surface area contributed by atoms with Gasteiger partial charge in [0.2, 0.25) is 0 Å². The van der Waals surface area contributed by atoms with E-state index in [9.17, 15) is 18.0 Å². The third-order valence-electron chi connectivity index (χ3n) is 2.11. The molecule has 0 bridgehead atoms. The molecule has 0 saturated carbocycles. The maximum Gasteiger partial charge on any atom is 0.401 e. The number of carbonyl (C=O) groups is 1. The minimum Gasteiger partial charge on any atom is -0.298 e. The number of Topliss-reactive ketones (excluding diaryl/α,β-unsaturated/α-hetero) is 1. The van der Waals surface area contributed by atoms with Gasteiger partial charge < -0.3 is 0 Å². The topological polar surface area (TPSA) is 20.3 Å². The average molecular weight is 211 g/mol. The number of halogens is 3. The van der Waals surface area contributed by atoms with Crippen LogP contribution in [0.15, 0.2) is 0 Å². The molecule has 0 heterocycles. The molecule has 0 spiro atoms. The zero-order chi connectivity index (χ0) is 11.5. The van der Waals surface area contributed by atoms with Crippen LogP contribution in [0.2, 0.25) is 0 Å². The zero-order valence-corrected chi connectivity index (χ0v) is 8.85. The van der Waals surface area contributed by atoms with Gasteiger partial charge in [-0.25, -0.2) is 0 Å². The first-order chi connectivity index (χ1) is 6.15. The lowest BCUT2D eigenvalue weighted by Gasteiger charge is -2.31. The summed E-state index contributed by atoms with van der Waals surface area (Å²) in [6.07, 6.45) is -4.26. The fourth-order valence-electron chi connectivity index (χ4n) is 1.21. The van der Waals surface area contributed by atoms with Gasteiger partial charge >= 0.3 is 6.18 Å². The summed E-state index contributed by atoms with van der Waals surface area (Å²) in [5.41, 5.74) is 0. The molecule has 84 valence electrons. The average Bonchev–Trinajstić information content (AvgIpc) is 1.96. The molecule has 2 nitrogen and oxygen atoms in total. The van der Waals surface area contributed by atoms with E-state index in [-0.39, 0.29) is 11.8 Å². The Morgan fingerprint density at radius 1 is 1.29 bits per heavy atom. The molecule has 0 aromatic carbocycles. The van der Waals surface area contributed by atoms with Crippen molar-refractivity contribution in [1.82, 2.24) is 4.90 Å². The Morgan fingerprint density at radius 2 is 1.71 bits per heavy atom. The van der Waals surface area contributed by atoms with Gasteiger partial charge in [-0.2, -0.15) is 13.2 Å². The smallest absolute Gasteiger partial charge is 0.298 e. The van der Waals surface area contributed by atoms with Gasteiger partial charge in [0.25, 0.3) is 0 Å². The highest BCUT2D eigenvalue weighted by atomic mass is 19.4. The lowest BCUT2D eigenvalue weighted by molar-refractivity contribution is -0.157. The predicted octanol–water partition coefficient (Wildman–Crippen LogP) is 2.24. The minimum absolute atomic E-state index is 0.247. The van der Waals surface area contributed by atoms with E-state index >= 15 is 0 Å². The van der Waals surface area contributed by atoms with E-state index in [2.05, 4.69) is 0 Å². The Kier molecular flexibility index (Phi) is 4.58. The van der Waals surface area contributed by atoms with Crippen molar-refractivity contribution in [3.8, 4) is 0 Å². The summed E-state index contributed by atoms with van der Waals surface area (Å²) >= 11 is 0. The Balaban J connectivity index is 4.53. The van der Waals surface area contributed by atoms with E-state index in [4.69, 9.17) is 0 Å².